The van der Waals surface area contributed by atoms with E-state index in [9.17, 15) is 9.59 Å². The van der Waals surface area contributed by atoms with Gasteiger partial charge in [0.25, 0.3) is 0 Å². The molecule has 1 aliphatic carbocycles. The third-order valence-corrected chi connectivity index (χ3v) is 6.09. The van der Waals surface area contributed by atoms with Crippen LogP contribution in [0.5, 0.6) is 0 Å². The minimum absolute atomic E-state index is 0.378. The van der Waals surface area contributed by atoms with Crippen LogP contribution in [0.1, 0.15) is 23.2 Å². The maximum Gasteiger partial charge on any atom is 0.219 e. The molecule has 2 aromatic rings. The average Bonchev–Trinajstić information content (AvgIpc) is 2.74. The number of fused-ring (bicyclic) bond motifs is 1. The summed E-state index contributed by atoms with van der Waals surface area (Å²) in [5.41, 5.74) is 3.11. The number of nitrogens with zero attached hydrogens (tertiary/aromatic N) is 1. The van der Waals surface area contributed by atoms with Gasteiger partial charge in [0.05, 0.1) is 22.1 Å². The zero-order valence-corrected chi connectivity index (χ0v) is 17.3. The second-order valence-electron chi connectivity index (χ2n) is 7.36. The van der Waals surface area contributed by atoms with Gasteiger partial charge in [-0.05, 0) is 42.2 Å². The predicted molar refractivity (Wildman–Crippen MR) is 114 cm³/mol. The van der Waals surface area contributed by atoms with E-state index in [1.54, 1.807) is 12.1 Å². The molecule has 0 spiro atoms. The van der Waals surface area contributed by atoms with Crippen molar-refractivity contribution in [2.45, 2.75) is 37.9 Å². The average molecular weight is 433 g/mol. The van der Waals surface area contributed by atoms with Gasteiger partial charge in [-0.25, -0.2) is 4.98 Å². The highest BCUT2D eigenvalue weighted by Gasteiger charge is 2.48. The molecule has 29 heavy (non-hydrogen) atoms. The van der Waals surface area contributed by atoms with Crippen molar-refractivity contribution in [1.29, 1.82) is 0 Å². The summed E-state index contributed by atoms with van der Waals surface area (Å²) in [5, 5.41) is 10.6. The first-order valence-electron chi connectivity index (χ1n) is 9.74. The van der Waals surface area contributed by atoms with Gasteiger partial charge in [-0.1, -0.05) is 35.3 Å². The summed E-state index contributed by atoms with van der Waals surface area (Å²) in [5.74, 6) is 0.195. The Bertz CT molecular complexity index is 950. The Morgan fingerprint density at radius 1 is 1.03 bits per heavy atom. The van der Waals surface area contributed by atoms with Crippen molar-refractivity contribution in [3.8, 4) is 0 Å². The van der Waals surface area contributed by atoms with E-state index < -0.39 is 17.9 Å². The Morgan fingerprint density at radius 2 is 1.83 bits per heavy atom. The Morgan fingerprint density at radius 3 is 2.62 bits per heavy atom. The molecule has 1 aromatic heterocycles. The fourth-order valence-electron chi connectivity index (χ4n) is 3.68. The first-order valence-corrected chi connectivity index (χ1v) is 10.5. The minimum atomic E-state index is -0.532. The van der Waals surface area contributed by atoms with Crippen LogP contribution in [0.3, 0.4) is 0 Å². The summed E-state index contributed by atoms with van der Waals surface area (Å²) in [4.78, 5) is 28.6. The second kappa shape index (κ2) is 8.79. The molecule has 1 aromatic carbocycles. The minimum Gasteiger partial charge on any atom is -0.370 e. The summed E-state index contributed by atoms with van der Waals surface area (Å²) in [6.07, 6.45) is 2.87. The number of halogens is 2. The molecule has 1 aliphatic heterocycles. The number of carbonyl (C=O) groups excluding carboxylic acids is 2. The summed E-state index contributed by atoms with van der Waals surface area (Å²) in [7, 11) is 0. The standard InChI is InChI=1S/C21H22Cl2N4O2/c22-15-6-3-12(10-16(15)23)11-26-18-17(19(28)20(18)29)24-9-7-14-5-4-13-2-1-8-25-21(13)27-14/h3-6,10,17-18,24,26H,1-2,7-9,11H2,(H,25,27). The number of Topliss-reactive ketones (excluding diaryl/α,β-unsaturated/α-hetero) is 2. The maximum absolute atomic E-state index is 12.0. The topological polar surface area (TPSA) is 83.1 Å². The van der Waals surface area contributed by atoms with Gasteiger partial charge in [0.1, 0.15) is 5.82 Å². The van der Waals surface area contributed by atoms with Crippen LogP contribution in [-0.4, -0.2) is 41.7 Å². The Kier molecular flexibility index (Phi) is 6.15. The molecule has 1 saturated carbocycles. The number of hydrogen-bond donors (Lipinski definition) is 3. The SMILES string of the molecule is O=C1C(=O)C(NCc2ccc(Cl)c(Cl)c2)C1NCCc1ccc2c(n1)NCCC2. The summed E-state index contributed by atoms with van der Waals surface area (Å²) >= 11 is 11.9. The van der Waals surface area contributed by atoms with E-state index in [-0.39, 0.29) is 5.78 Å². The molecule has 2 unspecified atom stereocenters. The molecule has 8 heteroatoms. The van der Waals surface area contributed by atoms with Crippen LogP contribution in [0.25, 0.3) is 0 Å². The lowest BCUT2D eigenvalue weighted by molar-refractivity contribution is -0.147. The van der Waals surface area contributed by atoms with Gasteiger partial charge in [0.2, 0.25) is 11.6 Å². The number of nitrogens with one attached hydrogen (secondary N) is 3. The third kappa shape index (κ3) is 4.46. The fourth-order valence-corrected chi connectivity index (χ4v) is 4.00. The zero-order valence-electron chi connectivity index (χ0n) is 15.8. The van der Waals surface area contributed by atoms with Crippen LogP contribution in [0.2, 0.25) is 10.0 Å². The quantitative estimate of drug-likeness (QED) is 0.583. The Labute approximate surface area is 179 Å². The van der Waals surface area contributed by atoms with Gasteiger partial charge in [-0.15, -0.1) is 0 Å². The van der Waals surface area contributed by atoms with E-state index in [2.05, 4.69) is 27.0 Å². The highest BCUT2D eigenvalue weighted by molar-refractivity contribution is 6.49. The lowest BCUT2D eigenvalue weighted by Gasteiger charge is -2.34. The molecule has 0 radical (unpaired) electrons. The van der Waals surface area contributed by atoms with Gasteiger partial charge in [0.15, 0.2) is 0 Å². The van der Waals surface area contributed by atoms with Crippen molar-refractivity contribution in [2.24, 2.45) is 0 Å². The number of benzene rings is 1. The normalized spacial score (nSPS) is 20.8. The second-order valence-corrected chi connectivity index (χ2v) is 8.17. The van der Waals surface area contributed by atoms with Crippen molar-refractivity contribution in [3.63, 3.8) is 0 Å². The summed E-state index contributed by atoms with van der Waals surface area (Å²) in [6, 6.07) is 8.40. The van der Waals surface area contributed by atoms with E-state index >= 15 is 0 Å². The van der Waals surface area contributed by atoms with Crippen molar-refractivity contribution in [2.75, 3.05) is 18.4 Å². The van der Waals surface area contributed by atoms with Gasteiger partial charge in [0, 0.05) is 31.7 Å². The van der Waals surface area contributed by atoms with E-state index in [1.165, 1.54) is 5.56 Å². The number of aryl methyl sites for hydroxylation is 1. The number of carbonyl (C=O) groups is 2. The summed E-state index contributed by atoms with van der Waals surface area (Å²) in [6.45, 7) is 1.95. The Hall–Kier alpha value is -1.99. The first-order chi connectivity index (χ1) is 14.0. The molecule has 152 valence electrons. The number of ketones is 2. The fraction of sp³-hybridized carbons (Fsp3) is 0.381. The van der Waals surface area contributed by atoms with Crippen molar-refractivity contribution < 1.29 is 9.59 Å². The third-order valence-electron chi connectivity index (χ3n) is 5.35. The molecule has 0 bridgehead atoms. The lowest BCUT2D eigenvalue weighted by Crippen LogP contribution is -2.69. The van der Waals surface area contributed by atoms with Crippen molar-refractivity contribution in [1.82, 2.24) is 15.6 Å². The van der Waals surface area contributed by atoms with Crippen molar-refractivity contribution in [3.05, 3.63) is 57.2 Å². The molecule has 6 nitrogen and oxygen atoms in total. The molecule has 1 fully saturated rings. The zero-order chi connectivity index (χ0) is 20.4. The van der Waals surface area contributed by atoms with Crippen LogP contribution < -0.4 is 16.0 Å². The first kappa shape index (κ1) is 20.3. The van der Waals surface area contributed by atoms with Crippen LogP contribution in [0, 0.1) is 0 Å². The number of anilines is 1. The van der Waals surface area contributed by atoms with Gasteiger partial charge < -0.3 is 16.0 Å². The molecule has 2 atom stereocenters. The smallest absolute Gasteiger partial charge is 0.219 e. The van der Waals surface area contributed by atoms with Crippen LogP contribution >= 0.6 is 23.2 Å². The van der Waals surface area contributed by atoms with E-state index in [1.807, 2.05) is 12.1 Å². The number of pyridine rings is 1. The molecule has 2 heterocycles. The van der Waals surface area contributed by atoms with Gasteiger partial charge in [-0.2, -0.15) is 0 Å². The van der Waals surface area contributed by atoms with E-state index in [0.29, 0.717) is 29.6 Å². The van der Waals surface area contributed by atoms with E-state index in [4.69, 9.17) is 23.2 Å². The molecule has 3 N–H and O–H groups in total. The van der Waals surface area contributed by atoms with Gasteiger partial charge in [-0.3, -0.25) is 9.59 Å². The molecular weight excluding hydrogens is 411 g/mol. The lowest BCUT2D eigenvalue weighted by atomic mass is 9.82. The van der Waals surface area contributed by atoms with Crippen LogP contribution in [0.4, 0.5) is 5.82 Å². The van der Waals surface area contributed by atoms with Crippen molar-refractivity contribution >= 4 is 40.6 Å². The number of rotatable bonds is 7. The highest BCUT2D eigenvalue weighted by atomic mass is 35.5. The molecule has 0 saturated heterocycles. The van der Waals surface area contributed by atoms with Crippen LogP contribution in [-0.2, 0) is 29.0 Å². The largest absolute Gasteiger partial charge is 0.370 e. The molecule has 2 aliphatic rings. The molecule has 4 rings (SSSR count). The number of aromatic nitrogens is 1. The van der Waals surface area contributed by atoms with Gasteiger partial charge >= 0.3 is 0 Å². The molecule has 0 amide bonds. The molecular formula is C21H22Cl2N4O2. The van der Waals surface area contributed by atoms with E-state index in [0.717, 1.165) is 36.5 Å². The maximum atomic E-state index is 12.0. The Balaban J connectivity index is 1.30. The predicted octanol–water partition coefficient (Wildman–Crippen LogP) is 2.56. The monoisotopic (exact) mass is 432 g/mol. The highest BCUT2D eigenvalue weighted by Crippen LogP contribution is 2.23. The number of hydrogen-bond acceptors (Lipinski definition) is 6. The summed E-state index contributed by atoms with van der Waals surface area (Å²) < 4.78 is 0. The van der Waals surface area contributed by atoms with Crippen LogP contribution in [0.15, 0.2) is 30.3 Å².